The zero-order valence-corrected chi connectivity index (χ0v) is 7.76. The first kappa shape index (κ1) is 6.23. The summed E-state index contributed by atoms with van der Waals surface area (Å²) in [6, 6.07) is 2.15. The van der Waals surface area contributed by atoms with Crippen LogP contribution in [0, 0.1) is 5.41 Å². The van der Waals surface area contributed by atoms with E-state index in [4.69, 9.17) is 0 Å². The van der Waals surface area contributed by atoms with Gasteiger partial charge in [-0.2, -0.15) is 5.10 Å². The highest BCUT2D eigenvalue weighted by Crippen LogP contribution is 2.53. The molecule has 1 aliphatic heterocycles. The van der Waals surface area contributed by atoms with Gasteiger partial charge in [-0.3, -0.25) is 4.68 Å². The van der Waals surface area contributed by atoms with E-state index in [1.807, 2.05) is 0 Å². The van der Waals surface area contributed by atoms with Crippen molar-refractivity contribution >= 4 is 15.9 Å². The van der Waals surface area contributed by atoms with Gasteiger partial charge in [0.2, 0.25) is 0 Å². The molecule has 1 saturated carbocycles. The van der Waals surface area contributed by atoms with Gasteiger partial charge in [0.1, 0.15) is 4.60 Å². The highest BCUT2D eigenvalue weighted by molar-refractivity contribution is 9.10. The summed E-state index contributed by atoms with van der Waals surface area (Å²) < 4.78 is 3.14. The molecular formula is C8H9BrN2. The van der Waals surface area contributed by atoms with E-state index in [-0.39, 0.29) is 0 Å². The molecule has 0 amide bonds. The number of nitrogens with zero attached hydrogens (tertiary/aromatic N) is 2. The molecule has 0 atom stereocenters. The summed E-state index contributed by atoms with van der Waals surface area (Å²) in [6.07, 6.45) is 4.08. The minimum Gasteiger partial charge on any atom is -0.268 e. The molecule has 3 rings (SSSR count). The lowest BCUT2D eigenvalue weighted by atomic mass is 10.1. The van der Waals surface area contributed by atoms with Gasteiger partial charge in [0.25, 0.3) is 0 Å². The van der Waals surface area contributed by atoms with Crippen molar-refractivity contribution < 1.29 is 0 Å². The van der Waals surface area contributed by atoms with Crippen LogP contribution in [0.2, 0.25) is 0 Å². The summed E-state index contributed by atoms with van der Waals surface area (Å²) >= 11 is 3.38. The largest absolute Gasteiger partial charge is 0.268 e. The molecule has 1 aliphatic carbocycles. The van der Waals surface area contributed by atoms with Gasteiger partial charge >= 0.3 is 0 Å². The average Bonchev–Trinajstić information content (AvgIpc) is 2.44. The second kappa shape index (κ2) is 1.71. The quantitative estimate of drug-likeness (QED) is 0.644. The second-order valence-corrected chi connectivity index (χ2v) is 4.61. The lowest BCUT2D eigenvalue weighted by molar-refractivity contribution is 0.470. The van der Waals surface area contributed by atoms with Crippen LogP contribution >= 0.6 is 15.9 Å². The van der Waals surface area contributed by atoms with E-state index in [9.17, 15) is 0 Å². The Labute approximate surface area is 73.7 Å². The topological polar surface area (TPSA) is 17.8 Å². The van der Waals surface area contributed by atoms with Gasteiger partial charge in [-0.15, -0.1) is 0 Å². The molecule has 2 heterocycles. The molecule has 0 N–H and O–H groups in total. The molecule has 1 fully saturated rings. The van der Waals surface area contributed by atoms with Crippen LogP contribution in [-0.4, -0.2) is 9.78 Å². The molecule has 11 heavy (non-hydrogen) atoms. The minimum atomic E-state index is 0.656. The Morgan fingerprint density at radius 1 is 1.55 bits per heavy atom. The Hall–Kier alpha value is -0.310. The third-order valence-electron chi connectivity index (χ3n) is 2.83. The van der Waals surface area contributed by atoms with E-state index in [1.165, 1.54) is 25.0 Å². The number of hydrogen-bond donors (Lipinski definition) is 0. The SMILES string of the molecule is Brc1cc2n(n1)CC1(CC1)C2. The maximum atomic E-state index is 4.36. The molecule has 1 aromatic rings. The molecule has 1 aromatic heterocycles. The Bertz CT molecular complexity index is 286. The van der Waals surface area contributed by atoms with E-state index in [0.717, 1.165) is 11.1 Å². The van der Waals surface area contributed by atoms with Crippen LogP contribution in [0.25, 0.3) is 0 Å². The molecule has 2 nitrogen and oxygen atoms in total. The Morgan fingerprint density at radius 3 is 3.00 bits per heavy atom. The standard InChI is InChI=1S/C8H9BrN2/c9-7-3-6-4-8(1-2-8)5-11(6)10-7/h3H,1-2,4-5H2. The van der Waals surface area contributed by atoms with Gasteiger partial charge in [0.05, 0.1) is 0 Å². The highest BCUT2D eigenvalue weighted by atomic mass is 79.9. The van der Waals surface area contributed by atoms with E-state index in [0.29, 0.717) is 5.41 Å². The van der Waals surface area contributed by atoms with Gasteiger partial charge in [-0.05, 0) is 46.7 Å². The minimum absolute atomic E-state index is 0.656. The van der Waals surface area contributed by atoms with Crippen LogP contribution in [0.3, 0.4) is 0 Å². The third kappa shape index (κ3) is 0.804. The molecule has 0 bridgehead atoms. The van der Waals surface area contributed by atoms with E-state index in [1.54, 1.807) is 0 Å². The van der Waals surface area contributed by atoms with Crippen molar-refractivity contribution in [2.45, 2.75) is 25.8 Å². The fraction of sp³-hybridized carbons (Fsp3) is 0.625. The monoisotopic (exact) mass is 212 g/mol. The second-order valence-electron chi connectivity index (χ2n) is 3.79. The predicted molar refractivity (Wildman–Crippen MR) is 45.3 cm³/mol. The van der Waals surface area contributed by atoms with Crippen LogP contribution in [-0.2, 0) is 13.0 Å². The van der Waals surface area contributed by atoms with Crippen LogP contribution < -0.4 is 0 Å². The predicted octanol–water partition coefficient (Wildman–Crippen LogP) is 1.98. The van der Waals surface area contributed by atoms with Crippen LogP contribution in [0.5, 0.6) is 0 Å². The summed E-state index contributed by atoms with van der Waals surface area (Å²) in [5.74, 6) is 0. The van der Waals surface area contributed by atoms with Crippen molar-refractivity contribution in [2.24, 2.45) is 5.41 Å². The number of rotatable bonds is 0. The molecule has 58 valence electrons. The van der Waals surface area contributed by atoms with Crippen molar-refractivity contribution in [2.75, 3.05) is 0 Å². The molecule has 0 aromatic carbocycles. The summed E-state index contributed by atoms with van der Waals surface area (Å²) in [5.41, 5.74) is 2.07. The van der Waals surface area contributed by atoms with Crippen molar-refractivity contribution in [3.8, 4) is 0 Å². The third-order valence-corrected chi connectivity index (χ3v) is 3.22. The lowest BCUT2D eigenvalue weighted by Crippen LogP contribution is -2.02. The number of aromatic nitrogens is 2. The Morgan fingerprint density at radius 2 is 2.36 bits per heavy atom. The lowest BCUT2D eigenvalue weighted by Gasteiger charge is -2.00. The molecule has 3 heteroatoms. The number of halogens is 1. The zero-order chi connectivity index (χ0) is 7.47. The van der Waals surface area contributed by atoms with E-state index >= 15 is 0 Å². The van der Waals surface area contributed by atoms with Crippen molar-refractivity contribution in [3.05, 3.63) is 16.4 Å². The maximum absolute atomic E-state index is 4.36. The van der Waals surface area contributed by atoms with E-state index < -0.39 is 0 Å². The first-order valence-electron chi connectivity index (χ1n) is 4.00. The Kier molecular flexibility index (Phi) is 0.969. The fourth-order valence-electron chi connectivity index (χ4n) is 1.97. The fourth-order valence-corrected chi connectivity index (χ4v) is 2.42. The zero-order valence-electron chi connectivity index (χ0n) is 6.18. The molecular weight excluding hydrogens is 204 g/mol. The molecule has 0 unspecified atom stereocenters. The first-order valence-corrected chi connectivity index (χ1v) is 4.79. The normalized spacial score (nSPS) is 24.1. The molecule has 1 spiro atoms. The van der Waals surface area contributed by atoms with Crippen molar-refractivity contribution in [1.29, 1.82) is 0 Å². The van der Waals surface area contributed by atoms with Crippen LogP contribution in [0.15, 0.2) is 10.7 Å². The molecule has 0 radical (unpaired) electrons. The first-order chi connectivity index (χ1) is 5.27. The Balaban J connectivity index is 2.04. The smallest absolute Gasteiger partial charge is 0.128 e. The summed E-state index contributed by atoms with van der Waals surface area (Å²) in [6.45, 7) is 1.16. The van der Waals surface area contributed by atoms with Gasteiger partial charge in [0.15, 0.2) is 0 Å². The van der Waals surface area contributed by atoms with Crippen molar-refractivity contribution in [1.82, 2.24) is 9.78 Å². The number of hydrogen-bond acceptors (Lipinski definition) is 1. The van der Waals surface area contributed by atoms with Gasteiger partial charge in [-0.25, -0.2) is 0 Å². The van der Waals surface area contributed by atoms with Crippen molar-refractivity contribution in [3.63, 3.8) is 0 Å². The van der Waals surface area contributed by atoms with Crippen LogP contribution in [0.4, 0.5) is 0 Å². The molecule has 0 saturated heterocycles. The molecule has 2 aliphatic rings. The average molecular weight is 213 g/mol. The van der Waals surface area contributed by atoms with Gasteiger partial charge in [0, 0.05) is 12.2 Å². The van der Waals surface area contributed by atoms with Gasteiger partial charge < -0.3 is 0 Å². The number of fused-ring (bicyclic) bond motifs is 1. The van der Waals surface area contributed by atoms with Crippen LogP contribution in [0.1, 0.15) is 18.5 Å². The van der Waals surface area contributed by atoms with Gasteiger partial charge in [-0.1, -0.05) is 0 Å². The highest BCUT2D eigenvalue weighted by Gasteiger charge is 2.47. The summed E-state index contributed by atoms with van der Waals surface area (Å²) in [5, 5.41) is 4.36. The summed E-state index contributed by atoms with van der Waals surface area (Å²) in [4.78, 5) is 0. The maximum Gasteiger partial charge on any atom is 0.128 e. The summed E-state index contributed by atoms with van der Waals surface area (Å²) in [7, 11) is 0. The van der Waals surface area contributed by atoms with E-state index in [2.05, 4.69) is 31.8 Å².